The van der Waals surface area contributed by atoms with Crippen LogP contribution in [0.25, 0.3) is 0 Å². The fraction of sp³-hybridized carbons (Fsp3) is 0.235. The molecule has 0 atom stereocenters. The fourth-order valence-electron chi connectivity index (χ4n) is 2.22. The Hall–Kier alpha value is -2.00. The van der Waals surface area contributed by atoms with E-state index in [-0.39, 0.29) is 5.78 Å². The number of anilines is 1. The van der Waals surface area contributed by atoms with Gasteiger partial charge in [0.05, 0.1) is 7.11 Å². The molecule has 0 bridgehead atoms. The van der Waals surface area contributed by atoms with Gasteiger partial charge < -0.3 is 10.5 Å². The van der Waals surface area contributed by atoms with Gasteiger partial charge in [0.2, 0.25) is 0 Å². The Kier molecular flexibility index (Phi) is 5.23. The molecule has 3 nitrogen and oxygen atoms in total. The summed E-state index contributed by atoms with van der Waals surface area (Å²) in [6, 6.07) is 12.9. The first-order valence-electron chi connectivity index (χ1n) is 6.77. The van der Waals surface area contributed by atoms with E-state index in [1.54, 1.807) is 25.3 Å². The van der Waals surface area contributed by atoms with E-state index in [1.807, 2.05) is 24.3 Å². The largest absolute Gasteiger partial charge is 0.496 e. The molecule has 0 aliphatic heterocycles. The number of rotatable bonds is 6. The van der Waals surface area contributed by atoms with Crippen LogP contribution >= 0.6 is 11.6 Å². The molecule has 0 aromatic heterocycles. The Labute approximate surface area is 129 Å². The standard InChI is InChI=1S/C17H18ClNO2/c1-21-17-8-6-14(18)10-13(17)11-16(20)7-5-12-3-2-4-15(19)9-12/h2-4,6,8-10H,5,7,11,19H2,1H3. The minimum absolute atomic E-state index is 0.151. The van der Waals surface area contributed by atoms with Gasteiger partial charge in [-0.1, -0.05) is 23.7 Å². The van der Waals surface area contributed by atoms with Crippen molar-refractivity contribution < 1.29 is 9.53 Å². The van der Waals surface area contributed by atoms with Crippen LogP contribution in [0.2, 0.25) is 5.02 Å². The van der Waals surface area contributed by atoms with Crippen molar-refractivity contribution in [1.29, 1.82) is 0 Å². The molecule has 2 N–H and O–H groups in total. The Morgan fingerprint density at radius 3 is 2.76 bits per heavy atom. The number of ketones is 1. The predicted octanol–water partition coefficient (Wildman–Crippen LogP) is 3.68. The molecule has 4 heteroatoms. The molecule has 0 saturated carbocycles. The molecule has 0 saturated heterocycles. The van der Waals surface area contributed by atoms with Crippen LogP contribution in [0.1, 0.15) is 17.5 Å². The van der Waals surface area contributed by atoms with Crippen molar-refractivity contribution in [1.82, 2.24) is 0 Å². The van der Waals surface area contributed by atoms with Crippen molar-refractivity contribution in [2.45, 2.75) is 19.3 Å². The molecule has 2 aromatic rings. The maximum absolute atomic E-state index is 12.1. The first-order valence-corrected chi connectivity index (χ1v) is 7.15. The van der Waals surface area contributed by atoms with E-state index < -0.39 is 0 Å². The number of ether oxygens (including phenoxy) is 1. The average Bonchev–Trinajstić information content (AvgIpc) is 2.45. The third-order valence-corrected chi connectivity index (χ3v) is 3.51. The Bertz CT molecular complexity index is 640. The van der Waals surface area contributed by atoms with Gasteiger partial charge in [-0.05, 0) is 42.3 Å². The number of Topliss-reactive ketones (excluding diaryl/α,β-unsaturated/α-hetero) is 1. The Morgan fingerprint density at radius 1 is 1.24 bits per heavy atom. The highest BCUT2D eigenvalue weighted by atomic mass is 35.5. The van der Waals surface area contributed by atoms with Crippen molar-refractivity contribution in [2.24, 2.45) is 0 Å². The summed E-state index contributed by atoms with van der Waals surface area (Å²) in [6.45, 7) is 0. The van der Waals surface area contributed by atoms with Crippen LogP contribution in [0.5, 0.6) is 5.75 Å². The molecule has 110 valence electrons. The second kappa shape index (κ2) is 7.14. The fourth-order valence-corrected chi connectivity index (χ4v) is 2.41. The van der Waals surface area contributed by atoms with Gasteiger partial charge in [-0.2, -0.15) is 0 Å². The number of nitrogen functional groups attached to an aromatic ring is 1. The third-order valence-electron chi connectivity index (χ3n) is 3.27. The van der Waals surface area contributed by atoms with E-state index in [0.717, 1.165) is 16.8 Å². The highest BCUT2D eigenvalue weighted by Gasteiger charge is 2.10. The van der Waals surface area contributed by atoms with E-state index in [1.165, 1.54) is 0 Å². The molecule has 2 rings (SSSR count). The summed E-state index contributed by atoms with van der Waals surface area (Å²) < 4.78 is 5.25. The summed E-state index contributed by atoms with van der Waals surface area (Å²) in [5, 5.41) is 0.606. The maximum atomic E-state index is 12.1. The number of methoxy groups -OCH3 is 1. The zero-order valence-electron chi connectivity index (χ0n) is 11.9. The van der Waals surface area contributed by atoms with Gasteiger partial charge in [-0.15, -0.1) is 0 Å². The molecule has 0 unspecified atom stereocenters. The maximum Gasteiger partial charge on any atom is 0.137 e. The quantitative estimate of drug-likeness (QED) is 0.828. The van der Waals surface area contributed by atoms with Gasteiger partial charge in [0.25, 0.3) is 0 Å². The molecule has 2 aromatic carbocycles. The van der Waals surface area contributed by atoms with Crippen molar-refractivity contribution in [3.05, 3.63) is 58.6 Å². The van der Waals surface area contributed by atoms with Crippen LogP contribution in [-0.4, -0.2) is 12.9 Å². The number of nitrogens with two attached hydrogens (primary N) is 1. The Balaban J connectivity index is 1.97. The van der Waals surface area contributed by atoms with Crippen LogP contribution in [0, 0.1) is 0 Å². The van der Waals surface area contributed by atoms with Crippen LogP contribution in [0.3, 0.4) is 0 Å². The number of carbonyl (C=O) groups excluding carboxylic acids is 1. The van der Waals surface area contributed by atoms with Gasteiger partial charge in [0, 0.05) is 29.1 Å². The molecule has 21 heavy (non-hydrogen) atoms. The molecule has 0 aliphatic carbocycles. The van der Waals surface area contributed by atoms with Crippen molar-refractivity contribution in [3.63, 3.8) is 0 Å². The zero-order chi connectivity index (χ0) is 15.2. The summed E-state index contributed by atoms with van der Waals surface area (Å²) >= 11 is 5.97. The minimum atomic E-state index is 0.151. The summed E-state index contributed by atoms with van der Waals surface area (Å²) in [5.74, 6) is 0.842. The molecular formula is C17H18ClNO2. The van der Waals surface area contributed by atoms with Gasteiger partial charge in [-0.3, -0.25) is 4.79 Å². The summed E-state index contributed by atoms with van der Waals surface area (Å²) in [5.41, 5.74) is 8.34. The number of hydrogen-bond acceptors (Lipinski definition) is 3. The average molecular weight is 304 g/mol. The van der Waals surface area contributed by atoms with Crippen molar-refractivity contribution in [2.75, 3.05) is 12.8 Å². The Morgan fingerprint density at radius 2 is 2.05 bits per heavy atom. The minimum Gasteiger partial charge on any atom is -0.496 e. The van der Waals surface area contributed by atoms with Crippen LogP contribution in [-0.2, 0) is 17.6 Å². The van der Waals surface area contributed by atoms with Gasteiger partial charge >= 0.3 is 0 Å². The number of aryl methyl sites for hydroxylation is 1. The van der Waals surface area contributed by atoms with Gasteiger partial charge in [0.1, 0.15) is 11.5 Å². The summed E-state index contributed by atoms with van der Waals surface area (Å²) in [4.78, 5) is 12.1. The molecule has 0 aliphatic rings. The highest BCUT2D eigenvalue weighted by molar-refractivity contribution is 6.30. The molecular weight excluding hydrogens is 286 g/mol. The second-order valence-electron chi connectivity index (χ2n) is 4.92. The van der Waals surface area contributed by atoms with E-state index in [2.05, 4.69) is 0 Å². The van der Waals surface area contributed by atoms with Crippen LogP contribution in [0.15, 0.2) is 42.5 Å². The number of carbonyl (C=O) groups is 1. The summed E-state index contributed by atoms with van der Waals surface area (Å²) in [7, 11) is 1.59. The van der Waals surface area contributed by atoms with E-state index >= 15 is 0 Å². The van der Waals surface area contributed by atoms with E-state index in [0.29, 0.717) is 30.0 Å². The topological polar surface area (TPSA) is 52.3 Å². The third kappa shape index (κ3) is 4.50. The smallest absolute Gasteiger partial charge is 0.137 e. The van der Waals surface area contributed by atoms with Crippen LogP contribution in [0.4, 0.5) is 5.69 Å². The number of halogens is 1. The number of benzene rings is 2. The van der Waals surface area contributed by atoms with E-state index in [9.17, 15) is 4.79 Å². The first kappa shape index (κ1) is 15.4. The molecule has 0 fully saturated rings. The molecule has 0 spiro atoms. The predicted molar refractivity (Wildman–Crippen MR) is 85.9 cm³/mol. The van der Waals surface area contributed by atoms with Crippen molar-refractivity contribution in [3.8, 4) is 5.75 Å². The van der Waals surface area contributed by atoms with E-state index in [4.69, 9.17) is 22.1 Å². The molecule has 0 amide bonds. The zero-order valence-corrected chi connectivity index (χ0v) is 12.7. The van der Waals surface area contributed by atoms with Crippen molar-refractivity contribution >= 4 is 23.1 Å². The lowest BCUT2D eigenvalue weighted by Crippen LogP contribution is -2.06. The second-order valence-corrected chi connectivity index (χ2v) is 5.35. The summed E-state index contributed by atoms with van der Waals surface area (Å²) in [6.07, 6.45) is 1.48. The normalized spacial score (nSPS) is 10.4. The molecule has 0 heterocycles. The first-order chi connectivity index (χ1) is 10.1. The SMILES string of the molecule is COc1ccc(Cl)cc1CC(=O)CCc1cccc(N)c1. The highest BCUT2D eigenvalue weighted by Crippen LogP contribution is 2.23. The number of hydrogen-bond donors (Lipinski definition) is 1. The molecule has 0 radical (unpaired) electrons. The van der Waals surface area contributed by atoms with Crippen LogP contribution < -0.4 is 10.5 Å². The van der Waals surface area contributed by atoms with Gasteiger partial charge in [0.15, 0.2) is 0 Å². The lowest BCUT2D eigenvalue weighted by atomic mass is 10.0. The monoisotopic (exact) mass is 303 g/mol. The lowest BCUT2D eigenvalue weighted by Gasteiger charge is -2.08. The lowest BCUT2D eigenvalue weighted by molar-refractivity contribution is -0.118. The van der Waals surface area contributed by atoms with Gasteiger partial charge in [-0.25, -0.2) is 0 Å².